The van der Waals surface area contributed by atoms with Crippen molar-refractivity contribution in [3.05, 3.63) is 27.2 Å². The van der Waals surface area contributed by atoms with Gasteiger partial charge >= 0.3 is 0 Å². The van der Waals surface area contributed by atoms with Gasteiger partial charge in [-0.2, -0.15) is 0 Å². The first-order valence-electron chi connectivity index (χ1n) is 6.82. The summed E-state index contributed by atoms with van der Waals surface area (Å²) in [6.45, 7) is 3.12. The van der Waals surface area contributed by atoms with Crippen molar-refractivity contribution in [1.82, 2.24) is 4.72 Å². The Balaban J connectivity index is 2.50. The Bertz CT molecular complexity index is 626. The van der Waals surface area contributed by atoms with Crippen LogP contribution in [0.3, 0.4) is 0 Å². The van der Waals surface area contributed by atoms with Gasteiger partial charge in [0.25, 0.3) is 0 Å². The molecule has 1 aromatic rings. The smallest absolute Gasteiger partial charge is 0.242 e. The topological polar surface area (TPSA) is 66.4 Å². The van der Waals surface area contributed by atoms with Crippen molar-refractivity contribution in [2.24, 2.45) is 0 Å². The maximum Gasteiger partial charge on any atom is 0.242 e. The minimum absolute atomic E-state index is 0.00823. The number of hydrogen-bond donors (Lipinski definition) is 2. The van der Waals surface area contributed by atoms with Crippen LogP contribution in [0.4, 0.5) is 0 Å². The number of aliphatic hydroxyl groups is 1. The summed E-state index contributed by atoms with van der Waals surface area (Å²) >= 11 is 12.3. The van der Waals surface area contributed by atoms with Gasteiger partial charge in [0.1, 0.15) is 4.90 Å². The van der Waals surface area contributed by atoms with Crippen molar-refractivity contribution >= 4 is 33.2 Å². The fourth-order valence-corrected chi connectivity index (χ4v) is 5.48. The third-order valence-electron chi connectivity index (χ3n) is 4.07. The molecular weight excluding hydrogens is 333 g/mol. The lowest BCUT2D eigenvalue weighted by Crippen LogP contribution is -2.49. The Hall–Kier alpha value is -0.330. The zero-order valence-electron chi connectivity index (χ0n) is 12.0. The van der Waals surface area contributed by atoms with Crippen LogP contribution in [0.1, 0.15) is 36.8 Å². The Morgan fingerprint density at radius 2 is 1.86 bits per heavy atom. The number of rotatable bonds is 4. The molecule has 0 saturated heterocycles. The molecule has 21 heavy (non-hydrogen) atoms. The van der Waals surface area contributed by atoms with Gasteiger partial charge in [-0.3, -0.25) is 0 Å². The molecule has 0 unspecified atom stereocenters. The van der Waals surface area contributed by atoms with Crippen LogP contribution in [-0.4, -0.2) is 25.7 Å². The normalized spacial score (nSPS) is 18.1. The van der Waals surface area contributed by atoms with Crippen LogP contribution in [0.5, 0.6) is 0 Å². The van der Waals surface area contributed by atoms with E-state index in [0.717, 1.165) is 12.8 Å². The van der Waals surface area contributed by atoms with Gasteiger partial charge in [-0.25, -0.2) is 13.1 Å². The molecular formula is C14H19Cl2NO3S. The maximum absolute atomic E-state index is 12.7. The lowest BCUT2D eigenvalue weighted by Gasteiger charge is -2.28. The van der Waals surface area contributed by atoms with Crippen molar-refractivity contribution in [3.63, 3.8) is 0 Å². The van der Waals surface area contributed by atoms with E-state index in [0.29, 0.717) is 29.0 Å². The summed E-state index contributed by atoms with van der Waals surface area (Å²) in [5, 5.41) is 10.1. The molecule has 0 aromatic heterocycles. The quantitative estimate of drug-likeness (QED) is 0.875. The van der Waals surface area contributed by atoms with Crippen molar-refractivity contribution in [2.75, 3.05) is 6.61 Å². The van der Waals surface area contributed by atoms with Crippen molar-refractivity contribution < 1.29 is 13.5 Å². The Morgan fingerprint density at radius 1 is 1.29 bits per heavy atom. The second-order valence-electron chi connectivity index (χ2n) is 5.69. The molecule has 2 N–H and O–H groups in total. The van der Waals surface area contributed by atoms with Gasteiger partial charge in [-0.15, -0.1) is 0 Å². The summed E-state index contributed by atoms with van der Waals surface area (Å²) in [5.41, 5.74) is 0.244. The lowest BCUT2D eigenvalue weighted by atomic mass is 10.0. The predicted molar refractivity (Wildman–Crippen MR) is 84.5 cm³/mol. The van der Waals surface area contributed by atoms with E-state index in [4.69, 9.17) is 23.2 Å². The molecule has 1 aromatic carbocycles. The Labute approximate surface area is 135 Å². The first-order chi connectivity index (χ1) is 9.72. The summed E-state index contributed by atoms with van der Waals surface area (Å²) < 4.78 is 28.1. The average Bonchev–Trinajstić information content (AvgIpc) is 2.85. The number of sulfonamides is 1. The molecule has 0 spiro atoms. The third kappa shape index (κ3) is 3.22. The summed E-state index contributed by atoms with van der Waals surface area (Å²) in [7, 11) is -3.85. The molecule has 0 radical (unpaired) electrons. The van der Waals surface area contributed by atoms with Gasteiger partial charge in [-0.1, -0.05) is 36.0 Å². The van der Waals surface area contributed by atoms with Crippen LogP contribution < -0.4 is 4.72 Å². The molecule has 0 bridgehead atoms. The van der Waals surface area contributed by atoms with Gasteiger partial charge < -0.3 is 5.11 Å². The van der Waals surface area contributed by atoms with Crippen molar-refractivity contribution in [2.45, 2.75) is 50.0 Å². The molecule has 118 valence electrons. The summed E-state index contributed by atoms with van der Waals surface area (Å²) in [6, 6.07) is 1.65. The predicted octanol–water partition coefficient (Wildman–Crippen LogP) is 3.19. The lowest BCUT2D eigenvalue weighted by molar-refractivity contribution is 0.185. The SMILES string of the molecule is Cc1cc(Cl)c(C)c(S(=O)(=O)NC2(CO)CCCC2)c1Cl. The minimum Gasteiger partial charge on any atom is -0.394 e. The number of benzene rings is 1. The Kier molecular flexibility index (Phi) is 4.90. The zero-order valence-corrected chi connectivity index (χ0v) is 14.4. The molecule has 1 fully saturated rings. The highest BCUT2D eigenvalue weighted by Crippen LogP contribution is 2.36. The fraction of sp³-hybridized carbons (Fsp3) is 0.571. The molecule has 2 rings (SSSR count). The van der Waals surface area contributed by atoms with E-state index in [1.165, 1.54) is 0 Å². The van der Waals surface area contributed by atoms with Crippen LogP contribution in [0, 0.1) is 13.8 Å². The van der Waals surface area contributed by atoms with Gasteiger partial charge in [0.2, 0.25) is 10.0 Å². The van der Waals surface area contributed by atoms with E-state index in [2.05, 4.69) is 4.72 Å². The molecule has 7 heteroatoms. The molecule has 0 amide bonds. The molecule has 1 aliphatic carbocycles. The van der Waals surface area contributed by atoms with Crippen LogP contribution in [-0.2, 0) is 10.0 Å². The van der Waals surface area contributed by atoms with Crippen LogP contribution >= 0.6 is 23.2 Å². The first kappa shape index (κ1) is 17.0. The van der Waals surface area contributed by atoms with Gasteiger partial charge in [-0.05, 0) is 43.9 Å². The van der Waals surface area contributed by atoms with Crippen molar-refractivity contribution in [1.29, 1.82) is 0 Å². The van der Waals surface area contributed by atoms with E-state index < -0.39 is 15.6 Å². The minimum atomic E-state index is -3.85. The molecule has 1 aliphatic rings. The first-order valence-corrected chi connectivity index (χ1v) is 9.06. The van der Waals surface area contributed by atoms with E-state index in [1.807, 2.05) is 0 Å². The standard InChI is InChI=1S/C14H19Cl2NO3S/c1-9-7-11(15)10(2)13(12(9)16)21(19,20)17-14(8-18)5-3-4-6-14/h7,17-18H,3-6,8H2,1-2H3. The molecule has 0 atom stereocenters. The van der Waals surface area contributed by atoms with E-state index in [9.17, 15) is 13.5 Å². The number of hydrogen-bond acceptors (Lipinski definition) is 3. The van der Waals surface area contributed by atoms with Gasteiger partial charge in [0, 0.05) is 5.02 Å². The highest BCUT2D eigenvalue weighted by Gasteiger charge is 2.38. The summed E-state index contributed by atoms with van der Waals surface area (Å²) in [6.07, 6.45) is 3.03. The van der Waals surface area contributed by atoms with Crippen molar-refractivity contribution in [3.8, 4) is 0 Å². The molecule has 0 heterocycles. The van der Waals surface area contributed by atoms with Gasteiger partial charge in [0.05, 0.1) is 17.2 Å². The van der Waals surface area contributed by atoms with Crippen LogP contribution in [0.25, 0.3) is 0 Å². The van der Waals surface area contributed by atoms with E-state index in [1.54, 1.807) is 19.9 Å². The summed E-state index contributed by atoms with van der Waals surface area (Å²) in [4.78, 5) is 0.00823. The number of halogens is 2. The van der Waals surface area contributed by atoms with Crippen LogP contribution in [0.15, 0.2) is 11.0 Å². The largest absolute Gasteiger partial charge is 0.394 e. The monoisotopic (exact) mass is 351 g/mol. The number of nitrogens with one attached hydrogen (secondary N) is 1. The molecule has 4 nitrogen and oxygen atoms in total. The van der Waals surface area contributed by atoms with Gasteiger partial charge in [0.15, 0.2) is 0 Å². The zero-order chi connectivity index (χ0) is 15.8. The van der Waals surface area contributed by atoms with E-state index >= 15 is 0 Å². The second kappa shape index (κ2) is 6.05. The second-order valence-corrected chi connectivity index (χ2v) is 8.10. The van der Waals surface area contributed by atoms with E-state index in [-0.39, 0.29) is 16.5 Å². The number of aliphatic hydroxyl groups excluding tert-OH is 1. The van der Waals surface area contributed by atoms with Crippen LogP contribution in [0.2, 0.25) is 10.0 Å². The Morgan fingerprint density at radius 3 is 2.38 bits per heavy atom. The average molecular weight is 352 g/mol. The fourth-order valence-electron chi connectivity index (χ4n) is 2.81. The maximum atomic E-state index is 12.7. The summed E-state index contributed by atoms with van der Waals surface area (Å²) in [5.74, 6) is 0. The molecule has 0 aliphatic heterocycles. The highest BCUT2D eigenvalue weighted by molar-refractivity contribution is 7.89. The molecule has 1 saturated carbocycles. The number of aryl methyl sites for hydroxylation is 1. The third-order valence-corrected chi connectivity index (χ3v) is 6.81. The highest BCUT2D eigenvalue weighted by atomic mass is 35.5.